The fourth-order valence-electron chi connectivity index (χ4n) is 2.46. The lowest BCUT2D eigenvalue weighted by molar-refractivity contribution is 0.111. The lowest BCUT2D eigenvalue weighted by Crippen LogP contribution is -2.40. The van der Waals surface area contributed by atoms with Gasteiger partial charge in [0.25, 0.3) is 0 Å². The summed E-state index contributed by atoms with van der Waals surface area (Å²) in [6, 6.07) is 9.44. The van der Waals surface area contributed by atoms with Crippen LogP contribution in [0.5, 0.6) is 0 Å². The predicted octanol–water partition coefficient (Wildman–Crippen LogP) is 4.86. The third kappa shape index (κ3) is 4.41. The van der Waals surface area contributed by atoms with Crippen molar-refractivity contribution in [3.8, 4) is 0 Å². The van der Waals surface area contributed by atoms with E-state index in [9.17, 15) is 9.90 Å². The van der Waals surface area contributed by atoms with E-state index in [4.69, 9.17) is 0 Å². The number of hydrogen-bond donors (Lipinski definition) is 1. The molecule has 1 amide bonds. The lowest BCUT2D eigenvalue weighted by Gasteiger charge is -2.33. The molecular formula is C17H25NO2. The molecule has 1 N–H and O–H groups in total. The maximum atomic E-state index is 11.6. The molecule has 0 saturated heterocycles. The van der Waals surface area contributed by atoms with Gasteiger partial charge < -0.3 is 5.11 Å². The van der Waals surface area contributed by atoms with Crippen LogP contribution >= 0.6 is 0 Å². The molecule has 0 radical (unpaired) electrons. The van der Waals surface area contributed by atoms with Gasteiger partial charge in [0.05, 0.1) is 12.1 Å². The maximum absolute atomic E-state index is 11.6. The van der Waals surface area contributed by atoms with Crippen LogP contribution in [0.1, 0.15) is 51.1 Å². The second-order valence-corrected chi connectivity index (χ2v) is 5.08. The number of unbranched alkanes of at least 4 members (excludes halogenated alkanes) is 2. The first-order valence-corrected chi connectivity index (χ1v) is 7.30. The third-order valence-electron chi connectivity index (χ3n) is 3.65. The van der Waals surface area contributed by atoms with Crippen LogP contribution in [0.2, 0.25) is 0 Å². The van der Waals surface area contributed by atoms with Crippen LogP contribution in [0.4, 0.5) is 4.79 Å². The van der Waals surface area contributed by atoms with Gasteiger partial charge in [0.1, 0.15) is 0 Å². The quantitative estimate of drug-likeness (QED) is 0.543. The Balaban J connectivity index is 2.86. The molecule has 1 aromatic carbocycles. The van der Waals surface area contributed by atoms with E-state index in [1.54, 1.807) is 6.08 Å². The SMILES string of the molecule is C=CC(CCCCC)N(C(=O)O)C(C)c1ccccc1. The van der Waals surface area contributed by atoms with Crippen molar-refractivity contribution in [2.75, 3.05) is 0 Å². The van der Waals surface area contributed by atoms with Crippen molar-refractivity contribution in [2.45, 2.75) is 51.6 Å². The molecule has 0 aliphatic carbocycles. The normalized spacial score (nSPS) is 13.5. The number of hydrogen-bond acceptors (Lipinski definition) is 1. The Labute approximate surface area is 121 Å². The molecule has 0 aliphatic heterocycles. The average Bonchev–Trinajstić information content (AvgIpc) is 2.46. The Morgan fingerprint density at radius 2 is 2.00 bits per heavy atom. The van der Waals surface area contributed by atoms with Crippen molar-refractivity contribution >= 4 is 6.09 Å². The van der Waals surface area contributed by atoms with Crippen molar-refractivity contribution in [2.24, 2.45) is 0 Å². The topological polar surface area (TPSA) is 40.5 Å². The molecule has 0 heterocycles. The van der Waals surface area contributed by atoms with Crippen LogP contribution in [0.15, 0.2) is 43.0 Å². The highest BCUT2D eigenvalue weighted by Gasteiger charge is 2.26. The fraction of sp³-hybridized carbons (Fsp3) is 0.471. The summed E-state index contributed by atoms with van der Waals surface area (Å²) in [6.45, 7) is 7.89. The van der Waals surface area contributed by atoms with Gasteiger partial charge in [0.15, 0.2) is 0 Å². The van der Waals surface area contributed by atoms with Crippen molar-refractivity contribution in [3.05, 3.63) is 48.6 Å². The van der Waals surface area contributed by atoms with Crippen molar-refractivity contribution in [1.82, 2.24) is 4.90 Å². The monoisotopic (exact) mass is 275 g/mol. The first-order chi connectivity index (χ1) is 9.61. The molecule has 1 rings (SSSR count). The summed E-state index contributed by atoms with van der Waals surface area (Å²) in [5.74, 6) is 0. The van der Waals surface area contributed by atoms with Gasteiger partial charge in [-0.1, -0.05) is 62.6 Å². The fourth-order valence-corrected chi connectivity index (χ4v) is 2.46. The van der Waals surface area contributed by atoms with Crippen LogP contribution in [0.25, 0.3) is 0 Å². The zero-order valence-corrected chi connectivity index (χ0v) is 12.5. The summed E-state index contributed by atoms with van der Waals surface area (Å²) in [5.41, 5.74) is 1.01. The first-order valence-electron chi connectivity index (χ1n) is 7.30. The summed E-state index contributed by atoms with van der Waals surface area (Å²) in [5, 5.41) is 9.54. The maximum Gasteiger partial charge on any atom is 0.408 e. The molecule has 2 unspecified atom stereocenters. The molecule has 0 bridgehead atoms. The van der Waals surface area contributed by atoms with Crippen molar-refractivity contribution in [3.63, 3.8) is 0 Å². The molecule has 3 nitrogen and oxygen atoms in total. The van der Waals surface area contributed by atoms with Gasteiger partial charge in [-0.05, 0) is 18.9 Å². The van der Waals surface area contributed by atoms with Crippen LogP contribution < -0.4 is 0 Å². The van der Waals surface area contributed by atoms with E-state index in [1.165, 1.54) is 4.90 Å². The smallest absolute Gasteiger partial charge is 0.408 e. The third-order valence-corrected chi connectivity index (χ3v) is 3.65. The number of nitrogens with zero attached hydrogens (tertiary/aromatic N) is 1. The number of benzene rings is 1. The van der Waals surface area contributed by atoms with Crippen molar-refractivity contribution < 1.29 is 9.90 Å². The number of carboxylic acid groups (broad SMARTS) is 1. The Kier molecular flexibility index (Phi) is 6.85. The highest BCUT2D eigenvalue weighted by molar-refractivity contribution is 5.66. The van der Waals surface area contributed by atoms with Gasteiger partial charge >= 0.3 is 6.09 Å². The minimum Gasteiger partial charge on any atom is -0.465 e. The highest BCUT2D eigenvalue weighted by Crippen LogP contribution is 2.25. The molecular weight excluding hydrogens is 250 g/mol. The Hall–Kier alpha value is -1.77. The van der Waals surface area contributed by atoms with E-state index in [0.717, 1.165) is 31.2 Å². The van der Waals surface area contributed by atoms with E-state index in [0.29, 0.717) is 0 Å². The molecule has 0 aliphatic rings. The van der Waals surface area contributed by atoms with Crippen LogP contribution in [0, 0.1) is 0 Å². The van der Waals surface area contributed by atoms with Gasteiger partial charge in [-0.3, -0.25) is 4.90 Å². The molecule has 1 aromatic rings. The second kappa shape index (κ2) is 8.41. The molecule has 20 heavy (non-hydrogen) atoms. The Bertz CT molecular complexity index is 416. The minimum atomic E-state index is -0.886. The summed E-state index contributed by atoms with van der Waals surface area (Å²) < 4.78 is 0. The molecule has 0 spiro atoms. The van der Waals surface area contributed by atoms with E-state index in [1.807, 2.05) is 37.3 Å². The Morgan fingerprint density at radius 3 is 2.50 bits per heavy atom. The van der Waals surface area contributed by atoms with Gasteiger partial charge in [0, 0.05) is 0 Å². The summed E-state index contributed by atoms with van der Waals surface area (Å²) in [4.78, 5) is 13.1. The van der Waals surface area contributed by atoms with Gasteiger partial charge in [0.2, 0.25) is 0 Å². The van der Waals surface area contributed by atoms with Gasteiger partial charge in [-0.2, -0.15) is 0 Å². The highest BCUT2D eigenvalue weighted by atomic mass is 16.4. The number of carbonyl (C=O) groups is 1. The first kappa shape index (κ1) is 16.3. The molecule has 0 fully saturated rings. The summed E-state index contributed by atoms with van der Waals surface area (Å²) >= 11 is 0. The average molecular weight is 275 g/mol. The van der Waals surface area contributed by atoms with Crippen LogP contribution in [0.3, 0.4) is 0 Å². The van der Waals surface area contributed by atoms with E-state index >= 15 is 0 Å². The van der Waals surface area contributed by atoms with E-state index in [2.05, 4.69) is 13.5 Å². The molecule has 2 atom stereocenters. The molecule has 0 aromatic heterocycles. The van der Waals surface area contributed by atoms with Gasteiger partial charge in [-0.25, -0.2) is 4.79 Å². The minimum absolute atomic E-state index is 0.130. The zero-order chi connectivity index (χ0) is 15.0. The van der Waals surface area contributed by atoms with Crippen LogP contribution in [-0.2, 0) is 0 Å². The standard InChI is InChI=1S/C17H25NO2/c1-4-6-8-13-16(5-2)18(17(19)20)14(3)15-11-9-7-10-12-15/h5,7,9-12,14,16H,2,4,6,8,13H2,1,3H3,(H,19,20). The molecule has 110 valence electrons. The second-order valence-electron chi connectivity index (χ2n) is 5.08. The van der Waals surface area contributed by atoms with Gasteiger partial charge in [-0.15, -0.1) is 6.58 Å². The number of rotatable bonds is 8. The van der Waals surface area contributed by atoms with Crippen LogP contribution in [-0.4, -0.2) is 22.1 Å². The lowest BCUT2D eigenvalue weighted by atomic mass is 10.0. The van der Waals surface area contributed by atoms with Crippen molar-refractivity contribution in [1.29, 1.82) is 0 Å². The Morgan fingerprint density at radius 1 is 1.35 bits per heavy atom. The summed E-state index contributed by atoms with van der Waals surface area (Å²) in [6.07, 6.45) is 4.98. The van der Waals surface area contributed by atoms with E-state index in [-0.39, 0.29) is 12.1 Å². The largest absolute Gasteiger partial charge is 0.465 e. The molecule has 3 heteroatoms. The number of amides is 1. The summed E-state index contributed by atoms with van der Waals surface area (Å²) in [7, 11) is 0. The zero-order valence-electron chi connectivity index (χ0n) is 12.5. The molecule has 0 saturated carbocycles. The van der Waals surface area contributed by atoms with E-state index < -0.39 is 6.09 Å². The predicted molar refractivity (Wildman–Crippen MR) is 82.8 cm³/mol.